The van der Waals surface area contributed by atoms with Crippen LogP contribution in [0, 0.1) is 11.7 Å². The van der Waals surface area contributed by atoms with Gasteiger partial charge in [0.2, 0.25) is 5.91 Å². The zero-order valence-corrected chi connectivity index (χ0v) is 11.0. The normalized spacial score (nSPS) is 22.6. The largest absolute Gasteiger partial charge is 0.378 e. The zero-order valence-electron chi connectivity index (χ0n) is 11.0. The summed E-state index contributed by atoms with van der Waals surface area (Å²) in [5.41, 5.74) is 5.97. The second kappa shape index (κ2) is 6.12. The molecule has 1 fully saturated rings. The molecule has 3 N–H and O–H groups in total. The van der Waals surface area contributed by atoms with Crippen molar-refractivity contribution in [3.05, 3.63) is 35.1 Å². The number of ether oxygens (including phenoxy) is 1. The van der Waals surface area contributed by atoms with Gasteiger partial charge in [0.15, 0.2) is 0 Å². The molecule has 1 aromatic carbocycles. The number of nitrogens with two attached hydrogens (primary N) is 1. The summed E-state index contributed by atoms with van der Waals surface area (Å²) in [4.78, 5) is 11.1. The average molecular weight is 266 g/mol. The van der Waals surface area contributed by atoms with Gasteiger partial charge in [-0.2, -0.15) is 0 Å². The molecule has 2 atom stereocenters. The summed E-state index contributed by atoms with van der Waals surface area (Å²) in [6, 6.07) is 4.17. The predicted molar refractivity (Wildman–Crippen MR) is 70.1 cm³/mol. The SMILES string of the molecule is CC1OCCC1CNCc1cc(C(N)=O)ccc1F. The van der Waals surface area contributed by atoms with E-state index in [4.69, 9.17) is 10.5 Å². The molecule has 1 amide bonds. The zero-order chi connectivity index (χ0) is 13.8. The van der Waals surface area contributed by atoms with Crippen LogP contribution in [0.25, 0.3) is 0 Å². The first-order valence-electron chi connectivity index (χ1n) is 6.48. The molecule has 1 aliphatic heterocycles. The first kappa shape index (κ1) is 14.0. The molecular weight excluding hydrogens is 247 g/mol. The molecule has 0 radical (unpaired) electrons. The summed E-state index contributed by atoms with van der Waals surface area (Å²) in [7, 11) is 0. The molecule has 1 heterocycles. The topological polar surface area (TPSA) is 64.3 Å². The quantitative estimate of drug-likeness (QED) is 0.847. The van der Waals surface area contributed by atoms with E-state index < -0.39 is 5.91 Å². The van der Waals surface area contributed by atoms with E-state index in [-0.39, 0.29) is 11.9 Å². The van der Waals surface area contributed by atoms with Crippen LogP contribution in [0.1, 0.15) is 29.3 Å². The summed E-state index contributed by atoms with van der Waals surface area (Å²) < 4.78 is 19.1. The van der Waals surface area contributed by atoms with Gasteiger partial charge in [-0.25, -0.2) is 4.39 Å². The maximum absolute atomic E-state index is 13.6. The van der Waals surface area contributed by atoms with Gasteiger partial charge in [-0.15, -0.1) is 0 Å². The number of hydrogen-bond donors (Lipinski definition) is 2. The summed E-state index contributed by atoms with van der Waals surface area (Å²) in [5.74, 6) is -0.408. The Hall–Kier alpha value is -1.46. The van der Waals surface area contributed by atoms with Crippen molar-refractivity contribution in [1.82, 2.24) is 5.32 Å². The van der Waals surface area contributed by atoms with Crippen LogP contribution in [0.15, 0.2) is 18.2 Å². The molecule has 1 aliphatic rings. The molecule has 0 spiro atoms. The minimum atomic E-state index is -0.543. The highest BCUT2D eigenvalue weighted by Crippen LogP contribution is 2.19. The molecule has 1 aromatic rings. The Kier molecular flexibility index (Phi) is 4.50. The van der Waals surface area contributed by atoms with Crippen molar-refractivity contribution < 1.29 is 13.9 Å². The molecule has 2 unspecified atom stereocenters. The smallest absolute Gasteiger partial charge is 0.248 e. The van der Waals surface area contributed by atoms with E-state index in [2.05, 4.69) is 5.32 Å². The summed E-state index contributed by atoms with van der Waals surface area (Å²) in [6.45, 7) is 4.00. The van der Waals surface area contributed by atoms with Crippen LogP contribution in [0.4, 0.5) is 4.39 Å². The van der Waals surface area contributed by atoms with Gasteiger partial charge in [-0.3, -0.25) is 4.79 Å². The van der Waals surface area contributed by atoms with Crippen molar-refractivity contribution in [1.29, 1.82) is 0 Å². The van der Waals surface area contributed by atoms with E-state index in [9.17, 15) is 9.18 Å². The minimum Gasteiger partial charge on any atom is -0.378 e. The molecule has 5 heteroatoms. The van der Waals surface area contributed by atoms with Crippen molar-refractivity contribution in [2.24, 2.45) is 11.7 Å². The number of hydrogen-bond acceptors (Lipinski definition) is 3. The van der Waals surface area contributed by atoms with Crippen molar-refractivity contribution in [3.8, 4) is 0 Å². The standard InChI is InChI=1S/C14H19FN2O2/c1-9-11(4-5-19-9)7-17-8-12-6-10(14(16)18)2-3-13(12)15/h2-3,6,9,11,17H,4-5,7-8H2,1H3,(H2,16,18). The summed E-state index contributed by atoms with van der Waals surface area (Å²) >= 11 is 0. The molecule has 2 rings (SSSR count). The molecule has 0 aromatic heterocycles. The molecule has 0 aliphatic carbocycles. The highest BCUT2D eigenvalue weighted by molar-refractivity contribution is 5.92. The number of carbonyl (C=O) groups excluding carboxylic acids is 1. The second-order valence-corrected chi connectivity index (χ2v) is 4.93. The van der Waals surface area contributed by atoms with Gasteiger partial charge in [-0.1, -0.05) is 0 Å². The molecule has 0 bridgehead atoms. The number of benzene rings is 1. The van der Waals surface area contributed by atoms with Gasteiger partial charge in [-0.05, 0) is 37.5 Å². The Morgan fingerprint density at radius 2 is 2.37 bits per heavy atom. The van der Waals surface area contributed by atoms with Crippen LogP contribution in [0.3, 0.4) is 0 Å². The van der Waals surface area contributed by atoms with Gasteiger partial charge in [0.1, 0.15) is 5.82 Å². The molecular formula is C14H19FN2O2. The Morgan fingerprint density at radius 3 is 3.00 bits per heavy atom. The molecule has 104 valence electrons. The average Bonchev–Trinajstić information content (AvgIpc) is 2.77. The Labute approximate surface area is 112 Å². The predicted octanol–water partition coefficient (Wildman–Crippen LogP) is 1.44. The maximum atomic E-state index is 13.6. The van der Waals surface area contributed by atoms with Crippen molar-refractivity contribution in [2.45, 2.75) is 26.0 Å². The van der Waals surface area contributed by atoms with E-state index in [1.54, 1.807) is 0 Å². The van der Waals surface area contributed by atoms with Gasteiger partial charge >= 0.3 is 0 Å². The van der Waals surface area contributed by atoms with E-state index in [0.29, 0.717) is 23.6 Å². The molecule has 19 heavy (non-hydrogen) atoms. The fourth-order valence-electron chi connectivity index (χ4n) is 2.30. The summed E-state index contributed by atoms with van der Waals surface area (Å²) in [6.07, 6.45) is 1.27. The number of rotatable bonds is 5. The van der Waals surface area contributed by atoms with E-state index in [0.717, 1.165) is 19.6 Å². The van der Waals surface area contributed by atoms with Crippen molar-refractivity contribution in [3.63, 3.8) is 0 Å². The number of primary amides is 1. The fourth-order valence-corrected chi connectivity index (χ4v) is 2.30. The second-order valence-electron chi connectivity index (χ2n) is 4.93. The third-order valence-corrected chi connectivity index (χ3v) is 3.59. The number of amides is 1. The van der Waals surface area contributed by atoms with Gasteiger partial charge in [0, 0.05) is 30.8 Å². The lowest BCUT2D eigenvalue weighted by Crippen LogP contribution is -2.27. The molecule has 0 saturated carbocycles. The van der Waals surface area contributed by atoms with E-state index >= 15 is 0 Å². The van der Waals surface area contributed by atoms with Gasteiger partial charge < -0.3 is 15.8 Å². The lowest BCUT2D eigenvalue weighted by Gasteiger charge is -2.15. The van der Waals surface area contributed by atoms with Crippen LogP contribution in [-0.2, 0) is 11.3 Å². The third kappa shape index (κ3) is 3.52. The Bertz CT molecular complexity index is 465. The lowest BCUT2D eigenvalue weighted by atomic mass is 10.0. The minimum absolute atomic E-state index is 0.245. The highest BCUT2D eigenvalue weighted by Gasteiger charge is 2.23. The van der Waals surface area contributed by atoms with Crippen LogP contribution < -0.4 is 11.1 Å². The Morgan fingerprint density at radius 1 is 1.58 bits per heavy atom. The molecule has 1 saturated heterocycles. The summed E-state index contributed by atoms with van der Waals surface area (Å²) in [5, 5.41) is 3.21. The van der Waals surface area contributed by atoms with Gasteiger partial charge in [0.25, 0.3) is 0 Å². The third-order valence-electron chi connectivity index (χ3n) is 3.59. The maximum Gasteiger partial charge on any atom is 0.248 e. The number of nitrogens with one attached hydrogen (secondary N) is 1. The monoisotopic (exact) mass is 266 g/mol. The van der Waals surface area contributed by atoms with Crippen LogP contribution >= 0.6 is 0 Å². The van der Waals surface area contributed by atoms with Gasteiger partial charge in [0.05, 0.1) is 6.10 Å². The van der Waals surface area contributed by atoms with Crippen molar-refractivity contribution in [2.75, 3.05) is 13.2 Å². The van der Waals surface area contributed by atoms with Crippen molar-refractivity contribution >= 4 is 5.91 Å². The van der Waals surface area contributed by atoms with Crippen LogP contribution in [-0.4, -0.2) is 25.2 Å². The van der Waals surface area contributed by atoms with Crippen LogP contribution in [0.5, 0.6) is 0 Å². The first-order chi connectivity index (χ1) is 9.08. The highest BCUT2D eigenvalue weighted by atomic mass is 19.1. The molecule has 4 nitrogen and oxygen atoms in total. The Balaban J connectivity index is 1.91. The fraction of sp³-hybridized carbons (Fsp3) is 0.500. The number of halogens is 1. The number of carbonyl (C=O) groups is 1. The first-order valence-corrected chi connectivity index (χ1v) is 6.48. The van der Waals surface area contributed by atoms with E-state index in [1.807, 2.05) is 6.92 Å². The van der Waals surface area contributed by atoms with Crippen LogP contribution in [0.2, 0.25) is 0 Å². The van der Waals surface area contributed by atoms with E-state index in [1.165, 1.54) is 18.2 Å². The lowest BCUT2D eigenvalue weighted by molar-refractivity contribution is 0.1000.